The molecule has 94 valence electrons. The topological polar surface area (TPSA) is 73.9 Å². The second-order valence-electron chi connectivity index (χ2n) is 3.57. The molecule has 0 bridgehead atoms. The van der Waals surface area contributed by atoms with E-state index >= 15 is 0 Å². The van der Waals surface area contributed by atoms with Crippen molar-refractivity contribution in [3.63, 3.8) is 0 Å². The van der Waals surface area contributed by atoms with Gasteiger partial charge in [0.05, 0.1) is 25.0 Å². The van der Waals surface area contributed by atoms with Crippen molar-refractivity contribution in [2.45, 2.75) is 12.8 Å². The fourth-order valence-electron chi connectivity index (χ4n) is 1.50. The van der Waals surface area contributed by atoms with Gasteiger partial charge >= 0.3 is 5.97 Å². The minimum atomic E-state index is -0.470. The van der Waals surface area contributed by atoms with Crippen LogP contribution in [0.1, 0.15) is 20.8 Å². The van der Waals surface area contributed by atoms with Crippen LogP contribution in [0.25, 0.3) is 0 Å². The Hall–Kier alpha value is -2.15. The zero-order valence-electron chi connectivity index (χ0n) is 9.75. The number of esters is 1. The first-order valence-corrected chi connectivity index (χ1v) is 7.11. The van der Waals surface area contributed by atoms with E-state index in [0.717, 1.165) is 0 Å². The normalized spacial score (nSPS) is 9.58. The Morgan fingerprint density at radius 2 is 1.74 bits per heavy atom. The predicted molar refractivity (Wildman–Crippen MR) is 72.2 cm³/mol. The molecule has 6 heteroatoms. The van der Waals surface area contributed by atoms with Crippen molar-refractivity contribution in [2.75, 3.05) is 0 Å². The molecule has 19 heavy (non-hydrogen) atoms. The highest BCUT2D eigenvalue weighted by molar-refractivity contribution is 7.13. The highest BCUT2D eigenvalue weighted by atomic mass is 32.1. The fraction of sp³-hybridized carbons (Fsp3) is 0.154. The van der Waals surface area contributed by atoms with Gasteiger partial charge in [-0.2, -0.15) is 10.5 Å². The second-order valence-corrected chi connectivity index (χ2v) is 5.36. The molecule has 0 atom stereocenters. The lowest BCUT2D eigenvalue weighted by Gasteiger charge is -2.03. The molecule has 0 spiro atoms. The summed E-state index contributed by atoms with van der Waals surface area (Å²) < 4.78 is 5.30. The maximum absolute atomic E-state index is 12.0. The summed E-state index contributed by atoms with van der Waals surface area (Å²) in [5, 5.41) is 21.3. The van der Waals surface area contributed by atoms with E-state index in [2.05, 4.69) is 0 Å². The van der Waals surface area contributed by atoms with Crippen molar-refractivity contribution in [3.05, 3.63) is 38.9 Å². The van der Waals surface area contributed by atoms with E-state index in [1.54, 1.807) is 22.9 Å². The monoisotopic (exact) mass is 288 g/mol. The van der Waals surface area contributed by atoms with Gasteiger partial charge in [0.2, 0.25) is 0 Å². The number of ether oxygens (including phenoxy) is 1. The standard InChI is InChI=1S/C13H8N2O2S2/c14-5-1-9-3-7-18-11(9)12(16)17-13-10(2-6-15)4-8-19-13/h3-4,7-8H,1-2H2. The number of hydrogen-bond acceptors (Lipinski definition) is 6. The van der Waals surface area contributed by atoms with Crippen LogP contribution in [-0.4, -0.2) is 5.97 Å². The first-order chi connectivity index (χ1) is 9.26. The van der Waals surface area contributed by atoms with Gasteiger partial charge in [0, 0.05) is 5.56 Å². The second kappa shape index (κ2) is 6.14. The molecule has 4 nitrogen and oxygen atoms in total. The lowest BCUT2D eigenvalue weighted by Crippen LogP contribution is -2.08. The molecule has 0 saturated carbocycles. The van der Waals surface area contributed by atoms with Crippen LogP contribution in [-0.2, 0) is 12.8 Å². The lowest BCUT2D eigenvalue weighted by molar-refractivity contribution is 0.0743. The quantitative estimate of drug-likeness (QED) is 0.810. The molecule has 0 aliphatic heterocycles. The predicted octanol–water partition coefficient (Wildman–Crippen LogP) is 3.16. The first-order valence-electron chi connectivity index (χ1n) is 5.35. The number of nitrogens with zero attached hydrogens (tertiary/aromatic N) is 2. The van der Waals surface area contributed by atoms with Crippen molar-refractivity contribution in [1.82, 2.24) is 0 Å². The van der Waals surface area contributed by atoms with Gasteiger partial charge in [-0.05, 0) is 28.5 Å². The maximum Gasteiger partial charge on any atom is 0.354 e. The number of rotatable bonds is 4. The minimum Gasteiger partial charge on any atom is -0.411 e. The summed E-state index contributed by atoms with van der Waals surface area (Å²) in [6, 6.07) is 7.55. The molecule has 0 aromatic carbocycles. The number of nitriles is 2. The van der Waals surface area contributed by atoms with Crippen LogP contribution in [0.4, 0.5) is 0 Å². The van der Waals surface area contributed by atoms with Gasteiger partial charge in [-0.3, -0.25) is 0 Å². The average molecular weight is 288 g/mol. The molecule has 0 saturated heterocycles. The lowest BCUT2D eigenvalue weighted by atomic mass is 10.2. The summed E-state index contributed by atoms with van der Waals surface area (Å²) >= 11 is 2.53. The molecular weight excluding hydrogens is 280 g/mol. The average Bonchev–Trinajstić information content (AvgIpc) is 3.00. The molecule has 0 N–H and O–H groups in total. The van der Waals surface area contributed by atoms with Crippen LogP contribution in [0.15, 0.2) is 22.9 Å². The molecule has 0 unspecified atom stereocenters. The van der Waals surface area contributed by atoms with Gasteiger partial charge in [-0.15, -0.1) is 22.7 Å². The SMILES string of the molecule is N#CCc1ccsc1OC(=O)c1sccc1CC#N. The van der Waals surface area contributed by atoms with Gasteiger partial charge in [-0.25, -0.2) is 4.79 Å². The Labute approximate surface area is 118 Å². The van der Waals surface area contributed by atoms with Gasteiger partial charge in [0.1, 0.15) is 4.88 Å². The Morgan fingerprint density at radius 1 is 1.11 bits per heavy atom. The highest BCUT2D eigenvalue weighted by Gasteiger charge is 2.17. The molecule has 0 amide bonds. The third kappa shape index (κ3) is 3.00. The largest absolute Gasteiger partial charge is 0.411 e. The molecule has 0 aliphatic carbocycles. The number of hydrogen-bond donors (Lipinski definition) is 0. The summed E-state index contributed by atoms with van der Waals surface area (Å²) in [6.45, 7) is 0. The van der Waals surface area contributed by atoms with Gasteiger partial charge in [-0.1, -0.05) is 0 Å². The molecule has 2 aromatic rings. The third-order valence-electron chi connectivity index (χ3n) is 2.36. The van der Waals surface area contributed by atoms with E-state index in [-0.39, 0.29) is 12.8 Å². The van der Waals surface area contributed by atoms with E-state index in [4.69, 9.17) is 15.3 Å². The molecule has 2 aromatic heterocycles. The van der Waals surface area contributed by atoms with E-state index in [0.29, 0.717) is 21.1 Å². The third-order valence-corrected chi connectivity index (χ3v) is 4.13. The Bertz CT molecular complexity index is 673. The first kappa shape index (κ1) is 13.3. The molecule has 0 aliphatic rings. The summed E-state index contributed by atoms with van der Waals surface area (Å²) in [5.41, 5.74) is 1.38. The molecule has 2 heterocycles. The van der Waals surface area contributed by atoms with E-state index in [1.807, 2.05) is 12.1 Å². The van der Waals surface area contributed by atoms with Crippen LogP contribution < -0.4 is 4.74 Å². The van der Waals surface area contributed by atoms with Gasteiger partial charge in [0.25, 0.3) is 0 Å². The van der Waals surface area contributed by atoms with Gasteiger partial charge < -0.3 is 4.74 Å². The van der Waals surface area contributed by atoms with Crippen LogP contribution >= 0.6 is 22.7 Å². The number of carbonyl (C=O) groups is 1. The molecule has 0 radical (unpaired) electrons. The molecular formula is C13H8N2O2S2. The van der Waals surface area contributed by atoms with Crippen molar-refractivity contribution >= 4 is 28.6 Å². The van der Waals surface area contributed by atoms with Crippen LogP contribution in [0.5, 0.6) is 5.06 Å². The van der Waals surface area contributed by atoms with Gasteiger partial charge in [0.15, 0.2) is 5.06 Å². The Balaban J connectivity index is 2.17. The van der Waals surface area contributed by atoms with Crippen LogP contribution in [0, 0.1) is 22.7 Å². The summed E-state index contributed by atoms with van der Waals surface area (Å²) in [6.07, 6.45) is 0.394. The summed E-state index contributed by atoms with van der Waals surface area (Å²) in [5.74, 6) is -0.470. The molecule has 2 rings (SSSR count). The number of thiophene rings is 2. The smallest absolute Gasteiger partial charge is 0.354 e. The molecule has 0 fully saturated rings. The van der Waals surface area contributed by atoms with Crippen molar-refractivity contribution in [2.24, 2.45) is 0 Å². The summed E-state index contributed by atoms with van der Waals surface area (Å²) in [4.78, 5) is 12.5. The zero-order chi connectivity index (χ0) is 13.7. The van der Waals surface area contributed by atoms with Crippen LogP contribution in [0.2, 0.25) is 0 Å². The van der Waals surface area contributed by atoms with Crippen molar-refractivity contribution in [3.8, 4) is 17.2 Å². The minimum absolute atomic E-state index is 0.184. The van der Waals surface area contributed by atoms with E-state index < -0.39 is 5.97 Å². The Morgan fingerprint density at radius 3 is 2.47 bits per heavy atom. The van der Waals surface area contributed by atoms with Crippen molar-refractivity contribution < 1.29 is 9.53 Å². The number of carbonyl (C=O) groups excluding carboxylic acids is 1. The Kier molecular flexibility index (Phi) is 4.30. The fourth-order valence-corrected chi connectivity index (χ4v) is 3.07. The van der Waals surface area contributed by atoms with Crippen LogP contribution in [0.3, 0.4) is 0 Å². The van der Waals surface area contributed by atoms with Crippen molar-refractivity contribution in [1.29, 1.82) is 10.5 Å². The zero-order valence-corrected chi connectivity index (χ0v) is 11.4. The summed E-state index contributed by atoms with van der Waals surface area (Å²) in [7, 11) is 0. The van der Waals surface area contributed by atoms with E-state index in [9.17, 15) is 4.79 Å². The highest BCUT2D eigenvalue weighted by Crippen LogP contribution is 2.28. The van der Waals surface area contributed by atoms with E-state index in [1.165, 1.54) is 22.7 Å². The maximum atomic E-state index is 12.0.